The van der Waals surface area contributed by atoms with Crippen LogP contribution in [0.1, 0.15) is 230 Å². The highest BCUT2D eigenvalue weighted by Crippen LogP contribution is 2.46. The van der Waals surface area contributed by atoms with E-state index in [1.165, 1.54) is 152 Å². The zero-order chi connectivity index (χ0) is 92.7. The molecule has 0 bridgehead atoms. The van der Waals surface area contributed by atoms with Gasteiger partial charge in [0, 0.05) is 195 Å². The average Bonchev–Trinajstić information content (AvgIpc) is 1.65. The second kappa shape index (κ2) is 43.6. The van der Waals surface area contributed by atoms with Crippen LogP contribution >= 0.6 is 47.0 Å². The van der Waals surface area contributed by atoms with Crippen LogP contribution < -0.4 is 19.6 Å². The van der Waals surface area contributed by atoms with E-state index in [1.807, 2.05) is 0 Å². The maximum Gasteiger partial charge on any atom is 0.433 e. The van der Waals surface area contributed by atoms with Crippen molar-refractivity contribution in [2.45, 2.75) is 254 Å². The Morgan fingerprint density at radius 1 is 0.278 bits per heavy atom. The summed E-state index contributed by atoms with van der Waals surface area (Å²) in [5, 5.41) is 39.7. The molecular weight excluding hydrogens is 1800 g/mol. The molecule has 8 saturated heterocycles. The fourth-order valence-electron chi connectivity index (χ4n) is 23.4. The van der Waals surface area contributed by atoms with Gasteiger partial charge in [-0.05, 0) is 238 Å². The van der Waals surface area contributed by atoms with Gasteiger partial charge in [0.15, 0.2) is 20.6 Å². The maximum absolute atomic E-state index is 12.9. The summed E-state index contributed by atoms with van der Waals surface area (Å²) in [6.07, 6.45) is 14.5. The Hall–Kier alpha value is -7.03. The number of anilines is 4. The molecule has 4 saturated carbocycles. The Bertz CT molecular complexity index is 4640. The molecule has 8 aliphatic heterocycles. The van der Waals surface area contributed by atoms with Gasteiger partial charge in [0.1, 0.15) is 29.0 Å². The zero-order valence-electron chi connectivity index (χ0n) is 77.0. The number of fused-ring (bicyclic) bond motifs is 4. The number of pyridine rings is 1. The lowest BCUT2D eigenvalue weighted by Crippen LogP contribution is -2.35. The Morgan fingerprint density at radius 2 is 0.519 bits per heavy atom. The fraction of sp³-hybridized carbons (Fsp3) is 0.677. The minimum Gasteiger partial charge on any atom is -0.367 e. The van der Waals surface area contributed by atoms with Crippen LogP contribution in [0.15, 0.2) is 112 Å². The van der Waals surface area contributed by atoms with Gasteiger partial charge in [-0.15, -0.1) is 40.8 Å². The van der Waals surface area contributed by atoms with Crippen molar-refractivity contribution in [2.75, 3.05) is 147 Å². The number of halogens is 12. The molecule has 4 unspecified atom stereocenters. The number of hydrogen-bond acceptors (Lipinski definition) is 21. The van der Waals surface area contributed by atoms with Gasteiger partial charge < -0.3 is 57.5 Å². The molecule has 5 aromatic heterocycles. The lowest BCUT2D eigenvalue weighted by atomic mass is 9.89. The molecular formula is C96H129F12N21S4. The van der Waals surface area contributed by atoms with Gasteiger partial charge in [-0.1, -0.05) is 105 Å². The van der Waals surface area contributed by atoms with Crippen molar-refractivity contribution in [3.8, 4) is 0 Å². The third-order valence-electron chi connectivity index (χ3n) is 30.4. The summed E-state index contributed by atoms with van der Waals surface area (Å²) >= 11 is 7.17. The van der Waals surface area contributed by atoms with Crippen LogP contribution in [0.4, 0.5) is 75.4 Å². The Kier molecular flexibility index (Phi) is 32.0. The van der Waals surface area contributed by atoms with Crippen LogP contribution in [-0.4, -0.2) is 236 Å². The van der Waals surface area contributed by atoms with Gasteiger partial charge in [-0.3, -0.25) is 0 Å². The fourth-order valence-corrected chi connectivity index (χ4v) is 26.8. The van der Waals surface area contributed by atoms with E-state index in [0.717, 1.165) is 252 Å². The topological polar surface area (TPSA) is 162 Å². The molecule has 4 aliphatic carbocycles. The monoisotopic (exact) mass is 1930 g/mol. The molecule has 133 heavy (non-hydrogen) atoms. The highest BCUT2D eigenvalue weighted by molar-refractivity contribution is 7.99. The highest BCUT2D eigenvalue weighted by Gasteiger charge is 2.47. The second-order valence-corrected chi connectivity index (χ2v) is 43.2. The minimum atomic E-state index is -4.39. The van der Waals surface area contributed by atoms with E-state index in [-0.39, 0.29) is 0 Å². The van der Waals surface area contributed by atoms with E-state index in [1.54, 1.807) is 89.5 Å². The molecule has 8 atom stereocenters. The Balaban J connectivity index is 0.000000124. The lowest BCUT2D eigenvalue weighted by molar-refractivity contribution is -0.141. The molecule has 12 fully saturated rings. The molecule has 3 aromatic carbocycles. The normalized spacial score (nSPS) is 24.2. The number of alkyl halides is 12. The molecule has 0 spiro atoms. The standard InChI is InChI=1S/C24H33F3N6S.3C24H32F3N5S/c1-31-22(17-6-3-2-4-7-17)29-30-23(31)34-13-5-11-32-15-18-10-12-33(20(18)16-32)19-8-9-21(28-14-19)24(25,26)27;3*1-30-22(17-5-2-3-6-17)28-29-23(30)33-14-4-12-31-15-18-11-13-32(21(18)16-31)20-9-7-19(8-10-20)24(25,26)27/h8-9,14,17-18,20H,2-7,10-13,15-16H2,1H3;3*7-10,17-18,21H,2-6,11-16H2,1H3/t;2*18-,21+;/m.10./s1. The van der Waals surface area contributed by atoms with Gasteiger partial charge in [0.25, 0.3) is 0 Å². The van der Waals surface area contributed by atoms with Crippen LogP contribution in [0, 0.1) is 23.7 Å². The number of hydrogen-bond donors (Lipinski definition) is 0. The summed E-state index contributed by atoms with van der Waals surface area (Å²) in [5.41, 5.74) is 0.970. The molecule has 726 valence electrons. The van der Waals surface area contributed by atoms with Crippen molar-refractivity contribution in [2.24, 2.45) is 51.9 Å². The second-order valence-electron chi connectivity index (χ2n) is 39.0. The number of rotatable bonds is 28. The smallest absolute Gasteiger partial charge is 0.367 e. The summed E-state index contributed by atoms with van der Waals surface area (Å²) in [5.74, 6) is 13.3. The molecule has 0 amide bonds. The maximum atomic E-state index is 12.9. The summed E-state index contributed by atoms with van der Waals surface area (Å²) in [7, 11) is 8.37. The van der Waals surface area contributed by atoms with Crippen molar-refractivity contribution >= 4 is 69.8 Å². The zero-order valence-corrected chi connectivity index (χ0v) is 80.2. The summed E-state index contributed by atoms with van der Waals surface area (Å²) < 4.78 is 163. The molecule has 37 heteroatoms. The number of aromatic nitrogens is 13. The molecule has 12 aliphatic rings. The SMILES string of the molecule is Cn1c(SCCCN2CC3CCN(c4ccc(C(F)(F)F)cc4)C3C2)nnc1C1CCCC1.Cn1c(SCCCN2CC3CCN(c4ccc(C(F)(F)F)nc4)C3C2)nnc1C1CCCCC1.Cn1c(SCCCN2C[C@@H]3CCN(c4ccc(C(F)(F)F)cc4)[C@@H]3C2)nnc1C1CCCC1.Cn1c(SCCCN2C[C@H]3CCN(c4ccc(C(F)(F)F)cc4)[C@H]3C2)nnc1C1CCCC1. The first-order valence-corrected chi connectivity index (χ1v) is 52.6. The third-order valence-corrected chi connectivity index (χ3v) is 34.9. The van der Waals surface area contributed by atoms with Gasteiger partial charge in [0.05, 0.1) is 28.6 Å². The van der Waals surface area contributed by atoms with Crippen molar-refractivity contribution in [3.63, 3.8) is 0 Å². The van der Waals surface area contributed by atoms with Crippen LogP contribution in [0.25, 0.3) is 0 Å². The summed E-state index contributed by atoms with van der Waals surface area (Å²) in [4.78, 5) is 22.9. The van der Waals surface area contributed by atoms with Gasteiger partial charge >= 0.3 is 24.7 Å². The molecule has 0 radical (unpaired) electrons. The van der Waals surface area contributed by atoms with Crippen LogP contribution in [0.5, 0.6) is 0 Å². The van der Waals surface area contributed by atoms with Gasteiger partial charge in [-0.2, -0.15) is 52.7 Å². The van der Waals surface area contributed by atoms with E-state index in [2.05, 4.69) is 131 Å². The summed E-state index contributed by atoms with van der Waals surface area (Å²) in [6.45, 7) is 16.1. The third kappa shape index (κ3) is 23.8. The summed E-state index contributed by atoms with van der Waals surface area (Å²) in [6, 6.07) is 21.3. The number of benzene rings is 3. The van der Waals surface area contributed by atoms with Crippen LogP contribution in [-0.2, 0) is 52.9 Å². The Morgan fingerprint density at radius 3 is 0.752 bits per heavy atom. The van der Waals surface area contributed by atoms with E-state index in [9.17, 15) is 52.7 Å². The molecule has 20 rings (SSSR count). The molecule has 21 nitrogen and oxygen atoms in total. The van der Waals surface area contributed by atoms with Crippen LogP contribution in [0.2, 0.25) is 0 Å². The Labute approximate surface area is 791 Å². The number of thioether (sulfide) groups is 4. The van der Waals surface area contributed by atoms with Gasteiger partial charge in [-0.25, -0.2) is 4.98 Å². The van der Waals surface area contributed by atoms with Crippen molar-refractivity contribution in [1.82, 2.24) is 83.6 Å². The van der Waals surface area contributed by atoms with E-state index in [0.29, 0.717) is 71.5 Å². The largest absolute Gasteiger partial charge is 0.433 e. The predicted octanol–water partition coefficient (Wildman–Crippen LogP) is 20.5. The quantitative estimate of drug-likeness (QED) is 0.0258. The molecule has 0 N–H and O–H groups in total. The first-order chi connectivity index (χ1) is 64.1. The lowest BCUT2D eigenvalue weighted by Gasteiger charge is -2.27. The number of nitrogens with zero attached hydrogens (tertiary/aromatic N) is 21. The van der Waals surface area contributed by atoms with Crippen molar-refractivity contribution in [3.05, 3.63) is 137 Å². The van der Waals surface area contributed by atoms with Gasteiger partial charge in [0.2, 0.25) is 0 Å². The van der Waals surface area contributed by atoms with Crippen LogP contribution in [0.3, 0.4) is 0 Å². The number of likely N-dealkylation sites (tertiary alicyclic amines) is 4. The first kappa shape index (κ1) is 97.6. The minimum absolute atomic E-state index is 0.364. The van der Waals surface area contributed by atoms with E-state index < -0.39 is 47.1 Å². The highest BCUT2D eigenvalue weighted by atomic mass is 32.2. The van der Waals surface area contributed by atoms with E-state index in [4.69, 9.17) is 0 Å². The average molecular weight is 1930 g/mol. The van der Waals surface area contributed by atoms with E-state index >= 15 is 0 Å². The first-order valence-electron chi connectivity index (χ1n) is 48.7. The molecule has 13 heterocycles. The predicted molar refractivity (Wildman–Crippen MR) is 501 cm³/mol. The van der Waals surface area contributed by atoms with Crippen molar-refractivity contribution < 1.29 is 52.7 Å². The van der Waals surface area contributed by atoms with Crippen molar-refractivity contribution in [1.29, 1.82) is 0 Å². The molecule has 8 aromatic rings.